The Morgan fingerprint density at radius 2 is 1.91 bits per heavy atom. The first-order chi connectivity index (χ1) is 15.6. The third-order valence-corrected chi connectivity index (χ3v) is 7.25. The summed E-state index contributed by atoms with van der Waals surface area (Å²) in [7, 11) is 1.37. The monoisotopic (exact) mass is 470 g/mol. The second-order valence-corrected chi connectivity index (χ2v) is 9.71. The summed E-state index contributed by atoms with van der Waals surface area (Å²) in [6.07, 6.45) is 4.48. The van der Waals surface area contributed by atoms with Gasteiger partial charge in [-0.3, -0.25) is 9.59 Å². The van der Waals surface area contributed by atoms with Crippen molar-refractivity contribution in [1.82, 2.24) is 4.57 Å². The summed E-state index contributed by atoms with van der Waals surface area (Å²) in [5.74, 6) is 1.35. The van der Waals surface area contributed by atoms with Gasteiger partial charge >= 0.3 is 5.97 Å². The summed E-state index contributed by atoms with van der Waals surface area (Å²) in [4.78, 5) is 29.4. The van der Waals surface area contributed by atoms with Gasteiger partial charge in [0.25, 0.3) is 0 Å². The van der Waals surface area contributed by atoms with Crippen LogP contribution in [0, 0.1) is 0 Å². The van der Waals surface area contributed by atoms with Gasteiger partial charge in [-0.25, -0.2) is 0 Å². The number of hydrogen-bond acceptors (Lipinski definition) is 5. The number of thiazole rings is 1. The molecule has 0 atom stereocenters. The second kappa shape index (κ2) is 12.6. The molecule has 1 amide bonds. The standard InChI is InChI=1S/C25H30N2O3S2/c1-3-4-9-19-13-14-21-22(16-19)32-25(27(21)17-24(29)30-2)26-23(28)12-8-15-31-18-20-10-6-5-7-11-20/h5-7,10-11,13-14,16H,3-4,8-9,12,15,17-18H2,1-2H3. The van der Waals surface area contributed by atoms with E-state index in [2.05, 4.69) is 36.2 Å². The summed E-state index contributed by atoms with van der Waals surface area (Å²) in [5, 5.41) is 0. The summed E-state index contributed by atoms with van der Waals surface area (Å²) < 4.78 is 7.68. The van der Waals surface area contributed by atoms with Crippen molar-refractivity contribution in [3.05, 3.63) is 64.5 Å². The first-order valence-corrected chi connectivity index (χ1v) is 13.0. The number of methoxy groups -OCH3 is 1. The minimum atomic E-state index is -0.356. The number of aromatic nitrogens is 1. The van der Waals surface area contributed by atoms with Gasteiger partial charge in [0.15, 0.2) is 4.80 Å². The van der Waals surface area contributed by atoms with Crippen LogP contribution in [0.15, 0.2) is 53.5 Å². The molecule has 0 unspecified atom stereocenters. The Bertz CT molecular complexity index is 1100. The third-order valence-electron chi connectivity index (χ3n) is 5.09. The molecule has 3 rings (SSSR count). The molecule has 2 aromatic carbocycles. The first kappa shape index (κ1) is 24.3. The summed E-state index contributed by atoms with van der Waals surface area (Å²) >= 11 is 3.28. The lowest BCUT2D eigenvalue weighted by atomic mass is 10.1. The molecule has 1 heterocycles. The predicted octanol–water partition coefficient (Wildman–Crippen LogP) is 5.36. The Kier molecular flexibility index (Phi) is 9.56. The molecule has 0 fully saturated rings. The second-order valence-electron chi connectivity index (χ2n) is 7.60. The highest BCUT2D eigenvalue weighted by atomic mass is 32.2. The van der Waals surface area contributed by atoms with E-state index in [1.165, 1.54) is 29.6 Å². The van der Waals surface area contributed by atoms with Crippen molar-refractivity contribution in [2.45, 2.75) is 51.3 Å². The molecule has 32 heavy (non-hydrogen) atoms. The number of hydrogen-bond donors (Lipinski definition) is 0. The molecule has 0 aliphatic carbocycles. The number of carbonyl (C=O) groups is 2. The molecule has 0 saturated carbocycles. The smallest absolute Gasteiger partial charge is 0.325 e. The molecular weight excluding hydrogens is 440 g/mol. The van der Waals surface area contributed by atoms with Gasteiger partial charge in [0.2, 0.25) is 5.91 Å². The number of amides is 1. The topological polar surface area (TPSA) is 60.7 Å². The van der Waals surface area contributed by atoms with Crippen LogP contribution >= 0.6 is 23.1 Å². The Balaban J connectivity index is 1.69. The minimum absolute atomic E-state index is 0.0455. The van der Waals surface area contributed by atoms with Crippen molar-refractivity contribution in [2.24, 2.45) is 4.99 Å². The zero-order chi connectivity index (χ0) is 22.8. The molecule has 0 aliphatic heterocycles. The average molecular weight is 471 g/mol. The molecule has 0 saturated heterocycles. The summed E-state index contributed by atoms with van der Waals surface area (Å²) in [5.41, 5.74) is 3.46. The van der Waals surface area contributed by atoms with Crippen LogP contribution in [0.3, 0.4) is 0 Å². The molecule has 0 spiro atoms. The molecule has 170 valence electrons. The van der Waals surface area contributed by atoms with E-state index in [0.717, 1.165) is 47.4 Å². The summed E-state index contributed by atoms with van der Waals surface area (Å²) in [6.45, 7) is 2.22. The van der Waals surface area contributed by atoms with Crippen molar-refractivity contribution in [3.8, 4) is 0 Å². The largest absolute Gasteiger partial charge is 0.468 e. The quantitative estimate of drug-likeness (QED) is 0.280. The fourth-order valence-electron chi connectivity index (χ4n) is 3.34. The van der Waals surface area contributed by atoms with Crippen LogP contribution in [-0.4, -0.2) is 29.3 Å². The van der Waals surface area contributed by atoms with Crippen molar-refractivity contribution >= 4 is 45.2 Å². The Morgan fingerprint density at radius 3 is 2.66 bits per heavy atom. The third kappa shape index (κ3) is 7.07. The molecule has 3 aromatic rings. The number of thioether (sulfide) groups is 1. The van der Waals surface area contributed by atoms with Gasteiger partial charge in [-0.05, 0) is 48.3 Å². The van der Waals surface area contributed by atoms with Gasteiger partial charge < -0.3 is 9.30 Å². The van der Waals surface area contributed by atoms with E-state index in [4.69, 9.17) is 4.74 Å². The number of rotatable bonds is 11. The Morgan fingerprint density at radius 1 is 1.09 bits per heavy atom. The van der Waals surface area contributed by atoms with Gasteiger partial charge in [0.1, 0.15) is 6.54 Å². The highest BCUT2D eigenvalue weighted by molar-refractivity contribution is 7.98. The van der Waals surface area contributed by atoms with Gasteiger partial charge in [-0.1, -0.05) is 61.1 Å². The fraction of sp³-hybridized carbons (Fsp3) is 0.400. The lowest BCUT2D eigenvalue weighted by Crippen LogP contribution is -2.22. The summed E-state index contributed by atoms with van der Waals surface area (Å²) in [6, 6.07) is 16.6. The molecule has 5 nitrogen and oxygen atoms in total. The zero-order valence-electron chi connectivity index (χ0n) is 18.7. The van der Waals surface area contributed by atoms with E-state index in [0.29, 0.717) is 11.2 Å². The van der Waals surface area contributed by atoms with Crippen LogP contribution in [0.5, 0.6) is 0 Å². The highest BCUT2D eigenvalue weighted by Crippen LogP contribution is 2.21. The number of esters is 1. The van der Waals surface area contributed by atoms with Crippen LogP contribution in [0.25, 0.3) is 10.2 Å². The van der Waals surface area contributed by atoms with Crippen molar-refractivity contribution in [1.29, 1.82) is 0 Å². The Hall–Kier alpha value is -2.38. The molecular formula is C25H30N2O3S2. The molecule has 0 radical (unpaired) electrons. The molecule has 7 heteroatoms. The molecule has 0 bridgehead atoms. The molecule has 0 N–H and O–H groups in total. The maximum Gasteiger partial charge on any atom is 0.325 e. The van der Waals surface area contributed by atoms with Crippen LogP contribution < -0.4 is 4.80 Å². The highest BCUT2D eigenvalue weighted by Gasteiger charge is 2.12. The fourth-order valence-corrected chi connectivity index (χ4v) is 5.37. The van der Waals surface area contributed by atoms with Crippen molar-refractivity contribution in [2.75, 3.05) is 12.9 Å². The van der Waals surface area contributed by atoms with E-state index >= 15 is 0 Å². The Labute approximate surface area is 197 Å². The molecule has 0 aliphatic rings. The van der Waals surface area contributed by atoms with E-state index in [-0.39, 0.29) is 18.4 Å². The number of unbranched alkanes of at least 4 members (excludes halogenated alkanes) is 1. The van der Waals surface area contributed by atoms with E-state index in [9.17, 15) is 9.59 Å². The van der Waals surface area contributed by atoms with Crippen LogP contribution in [0.2, 0.25) is 0 Å². The number of benzene rings is 2. The number of fused-ring (bicyclic) bond motifs is 1. The average Bonchev–Trinajstić information content (AvgIpc) is 3.13. The van der Waals surface area contributed by atoms with Gasteiger partial charge in [-0.15, -0.1) is 0 Å². The lowest BCUT2D eigenvalue weighted by molar-refractivity contribution is -0.141. The SMILES string of the molecule is CCCCc1ccc2c(c1)sc(=NC(=O)CCCSCc1ccccc1)n2CC(=O)OC. The van der Waals surface area contributed by atoms with Crippen LogP contribution in [-0.2, 0) is 33.0 Å². The molecule has 1 aromatic heterocycles. The zero-order valence-corrected chi connectivity index (χ0v) is 20.3. The van der Waals surface area contributed by atoms with Crippen molar-refractivity contribution in [3.63, 3.8) is 0 Å². The van der Waals surface area contributed by atoms with Gasteiger partial charge in [0, 0.05) is 12.2 Å². The maximum absolute atomic E-state index is 12.5. The lowest BCUT2D eigenvalue weighted by Gasteiger charge is -2.05. The number of aryl methyl sites for hydroxylation is 1. The number of carbonyl (C=O) groups excluding carboxylic acids is 2. The van der Waals surface area contributed by atoms with Gasteiger partial charge in [-0.2, -0.15) is 16.8 Å². The van der Waals surface area contributed by atoms with Crippen LogP contribution in [0.1, 0.15) is 43.7 Å². The van der Waals surface area contributed by atoms with E-state index in [1.807, 2.05) is 36.0 Å². The minimum Gasteiger partial charge on any atom is -0.468 e. The number of ether oxygens (including phenoxy) is 1. The van der Waals surface area contributed by atoms with E-state index in [1.54, 1.807) is 4.57 Å². The normalized spacial score (nSPS) is 11.8. The van der Waals surface area contributed by atoms with E-state index < -0.39 is 0 Å². The number of nitrogens with zero attached hydrogens (tertiary/aromatic N) is 2. The van der Waals surface area contributed by atoms with Crippen molar-refractivity contribution < 1.29 is 14.3 Å². The van der Waals surface area contributed by atoms with Crippen LogP contribution in [0.4, 0.5) is 0 Å². The first-order valence-electron chi connectivity index (χ1n) is 11.0. The predicted molar refractivity (Wildman–Crippen MR) is 133 cm³/mol. The maximum atomic E-state index is 12.5. The van der Waals surface area contributed by atoms with Gasteiger partial charge in [0.05, 0.1) is 17.3 Å².